The number of amides is 1. The molecular weight excluding hydrogens is 338 g/mol. The highest BCUT2D eigenvalue weighted by molar-refractivity contribution is 5.99. The highest BCUT2D eigenvalue weighted by Gasteiger charge is 2.13. The van der Waals surface area contributed by atoms with Gasteiger partial charge in [-0.05, 0) is 18.2 Å². The van der Waals surface area contributed by atoms with E-state index in [4.69, 9.17) is 4.74 Å². The molecule has 0 aliphatic rings. The fourth-order valence-electron chi connectivity index (χ4n) is 2.52. The first-order valence-electron chi connectivity index (χ1n) is 7.64. The predicted molar refractivity (Wildman–Crippen MR) is 91.2 cm³/mol. The Balaban J connectivity index is 1.76. The third kappa shape index (κ3) is 2.67. The van der Waals surface area contributed by atoms with Crippen molar-refractivity contribution in [1.82, 2.24) is 29.2 Å². The van der Waals surface area contributed by atoms with Gasteiger partial charge in [-0.25, -0.2) is 9.66 Å². The lowest BCUT2D eigenvalue weighted by atomic mass is 10.2. The molecule has 0 fully saturated rings. The van der Waals surface area contributed by atoms with Crippen molar-refractivity contribution >= 4 is 22.6 Å². The molecule has 1 N–H and O–H groups in total. The second kappa shape index (κ2) is 6.33. The molecule has 26 heavy (non-hydrogen) atoms. The molecule has 0 aliphatic heterocycles. The summed E-state index contributed by atoms with van der Waals surface area (Å²) in [5, 5.41) is 4.58. The van der Waals surface area contributed by atoms with E-state index in [-0.39, 0.29) is 6.61 Å². The summed E-state index contributed by atoms with van der Waals surface area (Å²) in [4.78, 5) is 37.1. The number of hydrogen-bond acceptors (Lipinski definition) is 7. The summed E-state index contributed by atoms with van der Waals surface area (Å²) >= 11 is 0. The predicted octanol–water partition coefficient (Wildman–Crippen LogP) is 0.364. The Kier molecular flexibility index (Phi) is 3.86. The Morgan fingerprint density at radius 3 is 2.85 bits per heavy atom. The second-order valence-electron chi connectivity index (χ2n) is 5.40. The standard InChI is InChI=1S/C16H13N7O3/c1-26-9-13-19-16-18-8-11-12(23(16)20-13)4-7-22(15(11)25)21-14(24)10-2-5-17-6-3-10/h2-8H,9H2,1H3,(H,21,24). The Hall–Kier alpha value is -3.66. The third-order valence-corrected chi connectivity index (χ3v) is 3.72. The van der Waals surface area contributed by atoms with E-state index < -0.39 is 11.5 Å². The number of rotatable bonds is 4. The van der Waals surface area contributed by atoms with Crippen molar-refractivity contribution in [3.8, 4) is 0 Å². The fourth-order valence-corrected chi connectivity index (χ4v) is 2.52. The van der Waals surface area contributed by atoms with Crippen LogP contribution in [-0.4, -0.2) is 42.3 Å². The minimum atomic E-state index is -0.428. The van der Waals surface area contributed by atoms with Crippen molar-refractivity contribution in [1.29, 1.82) is 0 Å². The molecule has 4 aromatic rings. The number of ether oxygens (including phenoxy) is 1. The van der Waals surface area contributed by atoms with Gasteiger partial charge >= 0.3 is 0 Å². The first kappa shape index (κ1) is 15.8. The van der Waals surface area contributed by atoms with Gasteiger partial charge in [-0.1, -0.05) is 0 Å². The number of nitrogens with one attached hydrogen (secondary N) is 1. The maximum Gasteiger partial charge on any atom is 0.280 e. The molecule has 0 saturated carbocycles. The summed E-state index contributed by atoms with van der Waals surface area (Å²) in [6.07, 6.45) is 5.87. The van der Waals surface area contributed by atoms with E-state index in [1.54, 1.807) is 25.3 Å². The zero-order valence-electron chi connectivity index (χ0n) is 13.7. The highest BCUT2D eigenvalue weighted by Crippen LogP contribution is 2.10. The maximum atomic E-state index is 12.7. The van der Waals surface area contributed by atoms with Crippen molar-refractivity contribution in [2.75, 3.05) is 12.5 Å². The average molecular weight is 351 g/mol. The summed E-state index contributed by atoms with van der Waals surface area (Å²) in [5.41, 5.74) is 3.03. The van der Waals surface area contributed by atoms with E-state index in [1.807, 2.05) is 0 Å². The van der Waals surface area contributed by atoms with Gasteiger partial charge in [-0.2, -0.15) is 9.50 Å². The molecule has 0 spiro atoms. The van der Waals surface area contributed by atoms with Gasteiger partial charge in [-0.3, -0.25) is 20.0 Å². The molecule has 4 rings (SSSR count). The van der Waals surface area contributed by atoms with Crippen LogP contribution >= 0.6 is 0 Å². The lowest BCUT2D eigenvalue weighted by Gasteiger charge is -2.09. The van der Waals surface area contributed by atoms with Gasteiger partial charge in [0.15, 0.2) is 5.82 Å². The zero-order valence-corrected chi connectivity index (χ0v) is 13.7. The van der Waals surface area contributed by atoms with Crippen LogP contribution in [0, 0.1) is 0 Å². The molecule has 0 radical (unpaired) electrons. The van der Waals surface area contributed by atoms with Crippen LogP contribution in [0.1, 0.15) is 16.2 Å². The average Bonchev–Trinajstić information content (AvgIpc) is 3.08. The summed E-state index contributed by atoms with van der Waals surface area (Å²) in [7, 11) is 1.54. The van der Waals surface area contributed by atoms with Crippen LogP contribution in [0.4, 0.5) is 0 Å². The summed E-state index contributed by atoms with van der Waals surface area (Å²) in [6, 6.07) is 4.77. The molecule has 0 bridgehead atoms. The van der Waals surface area contributed by atoms with Crippen LogP contribution in [-0.2, 0) is 11.3 Å². The first-order valence-corrected chi connectivity index (χ1v) is 7.64. The number of fused-ring (bicyclic) bond motifs is 3. The SMILES string of the molecule is COCc1nc2ncc3c(=O)n(NC(=O)c4ccncc4)ccc3n2n1. The van der Waals surface area contributed by atoms with Gasteiger partial charge in [0.25, 0.3) is 17.2 Å². The summed E-state index contributed by atoms with van der Waals surface area (Å²) in [6.45, 7) is 0.240. The quantitative estimate of drug-likeness (QED) is 0.564. The normalized spacial score (nSPS) is 11.1. The lowest BCUT2D eigenvalue weighted by molar-refractivity contribution is 0.101. The number of carbonyl (C=O) groups excluding carboxylic acids is 1. The van der Waals surface area contributed by atoms with Gasteiger partial charge < -0.3 is 4.74 Å². The Bertz CT molecular complexity index is 1170. The second-order valence-corrected chi connectivity index (χ2v) is 5.40. The molecular formula is C16H13N7O3. The van der Waals surface area contributed by atoms with Crippen molar-refractivity contribution in [3.05, 3.63) is 64.7 Å². The van der Waals surface area contributed by atoms with E-state index in [2.05, 4.69) is 25.5 Å². The highest BCUT2D eigenvalue weighted by atomic mass is 16.5. The molecule has 1 amide bonds. The topological polar surface area (TPSA) is 116 Å². The van der Waals surface area contributed by atoms with E-state index in [0.717, 1.165) is 4.68 Å². The Morgan fingerprint density at radius 2 is 2.08 bits per heavy atom. The largest absolute Gasteiger partial charge is 0.377 e. The van der Waals surface area contributed by atoms with Gasteiger partial charge in [0.1, 0.15) is 6.61 Å². The first-order chi connectivity index (χ1) is 12.7. The monoisotopic (exact) mass is 351 g/mol. The number of hydrogen-bond donors (Lipinski definition) is 1. The molecule has 4 heterocycles. The zero-order chi connectivity index (χ0) is 18.1. The minimum absolute atomic E-state index is 0.240. The molecule has 4 aromatic heterocycles. The number of pyridine rings is 2. The molecule has 0 unspecified atom stereocenters. The minimum Gasteiger partial charge on any atom is -0.377 e. The number of nitrogens with zero attached hydrogens (tertiary/aromatic N) is 6. The Labute approximate surface area is 146 Å². The summed E-state index contributed by atoms with van der Waals surface area (Å²) in [5.74, 6) is 0.399. The molecule has 10 nitrogen and oxygen atoms in total. The Morgan fingerprint density at radius 1 is 1.27 bits per heavy atom. The fraction of sp³-hybridized carbons (Fsp3) is 0.125. The van der Waals surface area contributed by atoms with Crippen molar-refractivity contribution in [2.45, 2.75) is 6.61 Å². The number of carbonyl (C=O) groups is 1. The van der Waals surface area contributed by atoms with Gasteiger partial charge in [-0.15, -0.1) is 5.10 Å². The van der Waals surface area contributed by atoms with E-state index in [0.29, 0.717) is 28.1 Å². The number of methoxy groups -OCH3 is 1. The summed E-state index contributed by atoms with van der Waals surface area (Å²) < 4.78 is 7.59. The number of aromatic nitrogens is 6. The van der Waals surface area contributed by atoms with E-state index in [9.17, 15) is 9.59 Å². The molecule has 0 aliphatic carbocycles. The van der Waals surface area contributed by atoms with Crippen LogP contribution < -0.4 is 11.0 Å². The third-order valence-electron chi connectivity index (χ3n) is 3.72. The molecule has 0 atom stereocenters. The van der Waals surface area contributed by atoms with Crippen LogP contribution in [0.5, 0.6) is 0 Å². The van der Waals surface area contributed by atoms with Gasteiger partial charge in [0.2, 0.25) is 0 Å². The lowest BCUT2D eigenvalue weighted by Crippen LogP contribution is -2.33. The van der Waals surface area contributed by atoms with Crippen LogP contribution in [0.25, 0.3) is 16.7 Å². The van der Waals surface area contributed by atoms with Crippen LogP contribution in [0.3, 0.4) is 0 Å². The van der Waals surface area contributed by atoms with E-state index in [1.165, 1.54) is 29.3 Å². The smallest absolute Gasteiger partial charge is 0.280 e. The van der Waals surface area contributed by atoms with Crippen LogP contribution in [0.2, 0.25) is 0 Å². The van der Waals surface area contributed by atoms with Gasteiger partial charge in [0.05, 0.1) is 10.9 Å². The van der Waals surface area contributed by atoms with E-state index >= 15 is 0 Å². The molecule has 0 aromatic carbocycles. The van der Waals surface area contributed by atoms with Gasteiger partial charge in [0, 0.05) is 37.5 Å². The van der Waals surface area contributed by atoms with Crippen LogP contribution in [0.15, 0.2) is 47.8 Å². The maximum absolute atomic E-state index is 12.7. The van der Waals surface area contributed by atoms with Crippen molar-refractivity contribution < 1.29 is 9.53 Å². The van der Waals surface area contributed by atoms with Crippen molar-refractivity contribution in [2.24, 2.45) is 0 Å². The molecule has 130 valence electrons. The molecule has 0 saturated heterocycles. The molecule has 10 heteroatoms. The van der Waals surface area contributed by atoms with Crippen molar-refractivity contribution in [3.63, 3.8) is 0 Å².